The molecule has 0 aliphatic carbocycles. The molecule has 0 aliphatic heterocycles. The van der Waals surface area contributed by atoms with Gasteiger partial charge in [0.05, 0.1) is 6.61 Å². The molecule has 15 heavy (non-hydrogen) atoms. The number of ether oxygens (including phenoxy) is 1. The Kier molecular flexibility index (Phi) is 7.13. The van der Waals surface area contributed by atoms with E-state index in [0.29, 0.717) is 13.2 Å². The third-order valence-corrected chi connectivity index (χ3v) is 2.16. The zero-order valence-electron chi connectivity index (χ0n) is 10.0. The van der Waals surface area contributed by atoms with Crippen molar-refractivity contribution in [2.45, 2.75) is 40.0 Å². The van der Waals surface area contributed by atoms with Gasteiger partial charge in [0.1, 0.15) is 0 Å². The fourth-order valence-electron chi connectivity index (χ4n) is 1.20. The predicted molar refractivity (Wildman–Crippen MR) is 59.7 cm³/mol. The van der Waals surface area contributed by atoms with Crippen LogP contribution in [-0.2, 0) is 4.74 Å². The molecule has 90 valence electrons. The van der Waals surface area contributed by atoms with Gasteiger partial charge in [0.2, 0.25) is 0 Å². The second kappa shape index (κ2) is 7.51. The SMILES string of the molecule is CCCOC(=O)NCC(C)(C)CCCO. The van der Waals surface area contributed by atoms with Gasteiger partial charge in [-0.15, -0.1) is 0 Å². The smallest absolute Gasteiger partial charge is 0.407 e. The van der Waals surface area contributed by atoms with Gasteiger partial charge in [-0.25, -0.2) is 4.79 Å². The van der Waals surface area contributed by atoms with Gasteiger partial charge in [0, 0.05) is 13.2 Å². The van der Waals surface area contributed by atoms with E-state index in [2.05, 4.69) is 19.2 Å². The highest BCUT2D eigenvalue weighted by molar-refractivity contribution is 5.67. The van der Waals surface area contributed by atoms with Crippen molar-refractivity contribution >= 4 is 6.09 Å². The third kappa shape index (κ3) is 8.24. The fourth-order valence-corrected chi connectivity index (χ4v) is 1.20. The molecule has 0 aromatic heterocycles. The average Bonchev–Trinajstić information content (AvgIpc) is 2.21. The van der Waals surface area contributed by atoms with E-state index >= 15 is 0 Å². The van der Waals surface area contributed by atoms with Crippen LogP contribution < -0.4 is 5.32 Å². The molecule has 0 rings (SSSR count). The topological polar surface area (TPSA) is 58.6 Å². The predicted octanol–water partition coefficient (Wildman–Crippen LogP) is 1.92. The zero-order chi connectivity index (χ0) is 11.7. The summed E-state index contributed by atoms with van der Waals surface area (Å²) in [5.41, 5.74) is 0.00790. The molecule has 0 aromatic carbocycles. The summed E-state index contributed by atoms with van der Waals surface area (Å²) < 4.78 is 4.89. The number of amides is 1. The highest BCUT2D eigenvalue weighted by atomic mass is 16.5. The van der Waals surface area contributed by atoms with Crippen LogP contribution in [0.1, 0.15) is 40.0 Å². The number of hydrogen-bond donors (Lipinski definition) is 2. The summed E-state index contributed by atoms with van der Waals surface area (Å²) in [6.07, 6.45) is 2.13. The molecule has 2 N–H and O–H groups in total. The first-order valence-corrected chi connectivity index (χ1v) is 5.53. The van der Waals surface area contributed by atoms with Crippen molar-refractivity contribution in [2.75, 3.05) is 19.8 Å². The summed E-state index contributed by atoms with van der Waals surface area (Å²) in [6, 6.07) is 0. The van der Waals surface area contributed by atoms with Crippen LogP contribution in [0, 0.1) is 5.41 Å². The molecule has 0 radical (unpaired) electrons. The summed E-state index contributed by atoms with van der Waals surface area (Å²) in [6.45, 7) is 7.31. The molecular formula is C11H23NO3. The summed E-state index contributed by atoms with van der Waals surface area (Å²) in [4.78, 5) is 11.1. The Balaban J connectivity index is 3.67. The lowest BCUT2D eigenvalue weighted by atomic mass is 9.88. The van der Waals surface area contributed by atoms with Crippen LogP contribution in [0.25, 0.3) is 0 Å². The molecule has 0 unspecified atom stereocenters. The van der Waals surface area contributed by atoms with Gasteiger partial charge < -0.3 is 15.2 Å². The Labute approximate surface area is 92.0 Å². The maximum Gasteiger partial charge on any atom is 0.407 e. The molecular weight excluding hydrogens is 194 g/mol. The molecule has 1 amide bonds. The van der Waals surface area contributed by atoms with Gasteiger partial charge in [-0.05, 0) is 24.7 Å². The fraction of sp³-hybridized carbons (Fsp3) is 0.909. The molecule has 0 heterocycles. The summed E-state index contributed by atoms with van der Waals surface area (Å²) >= 11 is 0. The number of hydrogen-bond acceptors (Lipinski definition) is 3. The monoisotopic (exact) mass is 217 g/mol. The van der Waals surface area contributed by atoms with Crippen LogP contribution in [0.4, 0.5) is 4.79 Å². The Morgan fingerprint density at radius 1 is 1.47 bits per heavy atom. The van der Waals surface area contributed by atoms with Crippen molar-refractivity contribution in [1.82, 2.24) is 5.32 Å². The van der Waals surface area contributed by atoms with Crippen molar-refractivity contribution in [3.05, 3.63) is 0 Å². The molecule has 4 nitrogen and oxygen atoms in total. The summed E-state index contributed by atoms with van der Waals surface area (Å²) in [5.74, 6) is 0. The average molecular weight is 217 g/mol. The maximum atomic E-state index is 11.1. The van der Waals surface area contributed by atoms with E-state index in [0.717, 1.165) is 19.3 Å². The maximum absolute atomic E-state index is 11.1. The minimum atomic E-state index is -0.353. The Morgan fingerprint density at radius 3 is 2.67 bits per heavy atom. The lowest BCUT2D eigenvalue weighted by Gasteiger charge is -2.24. The lowest BCUT2D eigenvalue weighted by Crippen LogP contribution is -2.34. The first-order valence-electron chi connectivity index (χ1n) is 5.53. The molecule has 0 atom stereocenters. The molecule has 0 bridgehead atoms. The molecule has 4 heteroatoms. The quantitative estimate of drug-likeness (QED) is 0.685. The first-order chi connectivity index (χ1) is 7.02. The van der Waals surface area contributed by atoms with Gasteiger partial charge in [0.25, 0.3) is 0 Å². The number of aliphatic hydroxyl groups excluding tert-OH is 1. The van der Waals surface area contributed by atoms with E-state index in [1.54, 1.807) is 0 Å². The van der Waals surface area contributed by atoms with E-state index in [1.807, 2.05) is 6.92 Å². The van der Waals surface area contributed by atoms with Crippen molar-refractivity contribution < 1.29 is 14.6 Å². The van der Waals surface area contributed by atoms with Crippen LogP contribution in [0.5, 0.6) is 0 Å². The van der Waals surface area contributed by atoms with Gasteiger partial charge in [-0.1, -0.05) is 20.8 Å². The van der Waals surface area contributed by atoms with E-state index in [1.165, 1.54) is 0 Å². The van der Waals surface area contributed by atoms with E-state index in [4.69, 9.17) is 9.84 Å². The van der Waals surface area contributed by atoms with Crippen molar-refractivity contribution in [3.63, 3.8) is 0 Å². The molecule has 0 spiro atoms. The second-order valence-electron chi connectivity index (χ2n) is 4.48. The standard InChI is InChI=1S/C11H23NO3/c1-4-8-15-10(14)12-9-11(2,3)6-5-7-13/h13H,4-9H2,1-3H3,(H,12,14). The van der Waals surface area contributed by atoms with Crippen LogP contribution in [0.3, 0.4) is 0 Å². The second-order valence-corrected chi connectivity index (χ2v) is 4.48. The number of alkyl carbamates (subject to hydrolysis) is 1. The van der Waals surface area contributed by atoms with Crippen LogP contribution in [0.15, 0.2) is 0 Å². The Bertz CT molecular complexity index is 181. The zero-order valence-corrected chi connectivity index (χ0v) is 10.0. The van der Waals surface area contributed by atoms with Crippen LogP contribution >= 0.6 is 0 Å². The van der Waals surface area contributed by atoms with Crippen LogP contribution in [0.2, 0.25) is 0 Å². The van der Waals surface area contributed by atoms with Crippen molar-refractivity contribution in [3.8, 4) is 0 Å². The number of rotatable bonds is 7. The highest BCUT2D eigenvalue weighted by Crippen LogP contribution is 2.20. The third-order valence-electron chi connectivity index (χ3n) is 2.16. The summed E-state index contributed by atoms with van der Waals surface area (Å²) in [7, 11) is 0. The lowest BCUT2D eigenvalue weighted by molar-refractivity contribution is 0.140. The first kappa shape index (κ1) is 14.2. The number of nitrogens with one attached hydrogen (secondary N) is 1. The largest absolute Gasteiger partial charge is 0.450 e. The highest BCUT2D eigenvalue weighted by Gasteiger charge is 2.18. The molecule has 0 aromatic rings. The van der Waals surface area contributed by atoms with Gasteiger partial charge in [-0.3, -0.25) is 0 Å². The van der Waals surface area contributed by atoms with Crippen molar-refractivity contribution in [1.29, 1.82) is 0 Å². The van der Waals surface area contributed by atoms with Crippen LogP contribution in [-0.4, -0.2) is 31.0 Å². The van der Waals surface area contributed by atoms with Crippen molar-refractivity contribution in [2.24, 2.45) is 5.41 Å². The van der Waals surface area contributed by atoms with E-state index in [-0.39, 0.29) is 18.1 Å². The van der Waals surface area contributed by atoms with Gasteiger partial charge in [0.15, 0.2) is 0 Å². The Morgan fingerprint density at radius 2 is 2.13 bits per heavy atom. The molecule has 0 saturated heterocycles. The van der Waals surface area contributed by atoms with Gasteiger partial charge >= 0.3 is 6.09 Å². The van der Waals surface area contributed by atoms with E-state index < -0.39 is 0 Å². The molecule has 0 aliphatic rings. The minimum Gasteiger partial charge on any atom is -0.450 e. The van der Waals surface area contributed by atoms with Gasteiger partial charge in [-0.2, -0.15) is 0 Å². The number of aliphatic hydroxyl groups is 1. The minimum absolute atomic E-state index is 0.00790. The summed E-state index contributed by atoms with van der Waals surface area (Å²) in [5, 5.41) is 11.4. The number of carbonyl (C=O) groups is 1. The normalized spacial score (nSPS) is 11.2. The Hall–Kier alpha value is -0.770. The molecule has 0 saturated carbocycles. The van der Waals surface area contributed by atoms with E-state index in [9.17, 15) is 4.79 Å². The molecule has 0 fully saturated rings. The number of carbonyl (C=O) groups excluding carboxylic acids is 1.